The lowest BCUT2D eigenvalue weighted by Crippen LogP contribution is -2.17. The number of carbonyl (C=O) groups excluding carboxylic acids is 1. The van der Waals surface area contributed by atoms with Gasteiger partial charge in [-0.2, -0.15) is 0 Å². The van der Waals surface area contributed by atoms with Crippen LogP contribution in [0.15, 0.2) is 42.1 Å². The summed E-state index contributed by atoms with van der Waals surface area (Å²) < 4.78 is 4.84. The maximum atomic E-state index is 11.2. The molecule has 1 N–H and O–H groups in total. The largest absolute Gasteiger partial charge is 0.463 e. The summed E-state index contributed by atoms with van der Waals surface area (Å²) in [5.74, 6) is -0.308. The highest BCUT2D eigenvalue weighted by molar-refractivity contribution is 5.82. The van der Waals surface area contributed by atoms with Gasteiger partial charge in [-0.3, -0.25) is 0 Å². The van der Waals surface area contributed by atoms with Gasteiger partial charge in [0.05, 0.1) is 6.61 Å². The lowest BCUT2D eigenvalue weighted by Gasteiger charge is -2.15. The minimum absolute atomic E-state index is 0.168. The first-order chi connectivity index (χ1) is 8.13. The van der Waals surface area contributed by atoms with E-state index in [1.807, 2.05) is 25.1 Å². The van der Waals surface area contributed by atoms with Gasteiger partial charge in [-0.05, 0) is 26.3 Å². The molecule has 1 aromatic rings. The molecule has 17 heavy (non-hydrogen) atoms. The molecule has 0 saturated heterocycles. The number of benzene rings is 1. The molecule has 0 radical (unpaired) electrons. The lowest BCUT2D eigenvalue weighted by atomic mass is 10.1. The standard InChI is InChI=1S/C14H19NO2/c1-4-17-14(16)10-11(2)15-12(3)13-8-6-5-7-9-13/h5-10,12,15H,4H2,1-3H3/b11-10-/t12-/m0/s1. The van der Waals surface area contributed by atoms with E-state index in [2.05, 4.69) is 24.4 Å². The van der Waals surface area contributed by atoms with E-state index in [4.69, 9.17) is 4.74 Å². The van der Waals surface area contributed by atoms with Crippen molar-refractivity contribution >= 4 is 5.97 Å². The number of rotatable bonds is 5. The molecule has 0 heterocycles. The highest BCUT2D eigenvalue weighted by Gasteiger charge is 2.05. The van der Waals surface area contributed by atoms with Crippen LogP contribution < -0.4 is 5.32 Å². The van der Waals surface area contributed by atoms with Gasteiger partial charge < -0.3 is 10.1 Å². The number of ether oxygens (including phenoxy) is 1. The van der Waals surface area contributed by atoms with E-state index in [1.165, 1.54) is 11.6 Å². The molecule has 92 valence electrons. The molecule has 3 heteroatoms. The van der Waals surface area contributed by atoms with Gasteiger partial charge >= 0.3 is 5.97 Å². The van der Waals surface area contributed by atoms with Crippen molar-refractivity contribution in [2.45, 2.75) is 26.8 Å². The zero-order valence-electron chi connectivity index (χ0n) is 10.6. The Balaban J connectivity index is 2.57. The second-order valence-electron chi connectivity index (χ2n) is 3.86. The Labute approximate surface area is 102 Å². The van der Waals surface area contributed by atoms with E-state index in [0.29, 0.717) is 6.61 Å². The normalized spacial score (nSPS) is 13.0. The van der Waals surface area contributed by atoms with Crippen LogP contribution in [0.4, 0.5) is 0 Å². The maximum absolute atomic E-state index is 11.2. The van der Waals surface area contributed by atoms with Crippen LogP contribution in [-0.2, 0) is 9.53 Å². The number of hydrogen-bond donors (Lipinski definition) is 1. The predicted molar refractivity (Wildman–Crippen MR) is 68.4 cm³/mol. The number of allylic oxidation sites excluding steroid dienone is 1. The maximum Gasteiger partial charge on any atom is 0.332 e. The van der Waals surface area contributed by atoms with Crippen molar-refractivity contribution in [3.05, 3.63) is 47.7 Å². The van der Waals surface area contributed by atoms with Crippen LogP contribution in [-0.4, -0.2) is 12.6 Å². The van der Waals surface area contributed by atoms with E-state index in [1.54, 1.807) is 6.92 Å². The number of esters is 1. The van der Waals surface area contributed by atoms with E-state index >= 15 is 0 Å². The fourth-order valence-electron chi connectivity index (χ4n) is 1.57. The first-order valence-corrected chi connectivity index (χ1v) is 5.80. The van der Waals surface area contributed by atoms with Gasteiger partial charge in [0.25, 0.3) is 0 Å². The third-order valence-electron chi connectivity index (χ3n) is 2.36. The van der Waals surface area contributed by atoms with Gasteiger partial charge in [0, 0.05) is 17.8 Å². The molecule has 1 atom stereocenters. The molecule has 0 aliphatic carbocycles. The molecule has 1 rings (SSSR count). The summed E-state index contributed by atoms with van der Waals surface area (Å²) in [4.78, 5) is 11.2. The van der Waals surface area contributed by atoms with Crippen molar-refractivity contribution in [3.8, 4) is 0 Å². The third-order valence-corrected chi connectivity index (χ3v) is 2.36. The Morgan fingerprint density at radius 2 is 2.06 bits per heavy atom. The predicted octanol–water partition coefficient (Wildman–Crippen LogP) is 2.80. The minimum Gasteiger partial charge on any atom is -0.463 e. The SMILES string of the molecule is CCOC(=O)/C=C(/C)N[C@@H](C)c1ccccc1. The second-order valence-corrected chi connectivity index (χ2v) is 3.86. The van der Waals surface area contributed by atoms with Crippen molar-refractivity contribution in [1.29, 1.82) is 0 Å². The smallest absolute Gasteiger partial charge is 0.332 e. The van der Waals surface area contributed by atoms with E-state index in [-0.39, 0.29) is 12.0 Å². The number of carbonyl (C=O) groups is 1. The summed E-state index contributed by atoms with van der Waals surface area (Å²) in [6.07, 6.45) is 1.48. The average molecular weight is 233 g/mol. The van der Waals surface area contributed by atoms with Gasteiger partial charge in [-0.1, -0.05) is 30.3 Å². The van der Waals surface area contributed by atoms with Gasteiger partial charge in [-0.15, -0.1) is 0 Å². The lowest BCUT2D eigenvalue weighted by molar-refractivity contribution is -0.137. The first kappa shape index (κ1) is 13.3. The quantitative estimate of drug-likeness (QED) is 0.627. The molecule has 0 spiro atoms. The Kier molecular flexibility index (Phi) is 5.27. The molecule has 0 aliphatic rings. The van der Waals surface area contributed by atoms with Crippen LogP contribution in [0.1, 0.15) is 32.4 Å². The highest BCUT2D eigenvalue weighted by Crippen LogP contribution is 2.12. The van der Waals surface area contributed by atoms with Gasteiger partial charge in [-0.25, -0.2) is 4.79 Å². The van der Waals surface area contributed by atoms with Crippen molar-refractivity contribution in [2.24, 2.45) is 0 Å². The number of nitrogens with one attached hydrogen (secondary N) is 1. The van der Waals surface area contributed by atoms with Gasteiger partial charge in [0.1, 0.15) is 0 Å². The Hall–Kier alpha value is -1.77. The summed E-state index contributed by atoms with van der Waals surface area (Å²) >= 11 is 0. The zero-order chi connectivity index (χ0) is 12.7. The van der Waals surface area contributed by atoms with Gasteiger partial charge in [0.2, 0.25) is 0 Å². The molecular formula is C14H19NO2. The third kappa shape index (κ3) is 4.72. The minimum atomic E-state index is -0.308. The topological polar surface area (TPSA) is 38.3 Å². The Bertz CT molecular complexity index is 384. The van der Waals surface area contributed by atoms with Crippen molar-refractivity contribution < 1.29 is 9.53 Å². The Morgan fingerprint density at radius 1 is 1.41 bits per heavy atom. The molecule has 0 saturated carbocycles. The number of hydrogen-bond acceptors (Lipinski definition) is 3. The monoisotopic (exact) mass is 233 g/mol. The zero-order valence-corrected chi connectivity index (χ0v) is 10.6. The molecule has 0 unspecified atom stereocenters. The molecule has 0 fully saturated rings. The van der Waals surface area contributed by atoms with Gasteiger partial charge in [0.15, 0.2) is 0 Å². The highest BCUT2D eigenvalue weighted by atomic mass is 16.5. The van der Waals surface area contributed by atoms with Crippen molar-refractivity contribution in [2.75, 3.05) is 6.61 Å². The van der Waals surface area contributed by atoms with E-state index in [9.17, 15) is 4.79 Å². The first-order valence-electron chi connectivity index (χ1n) is 5.80. The van der Waals surface area contributed by atoms with Crippen molar-refractivity contribution in [1.82, 2.24) is 5.32 Å². The second kappa shape index (κ2) is 6.74. The summed E-state index contributed by atoms with van der Waals surface area (Å²) in [5, 5.41) is 3.25. The van der Waals surface area contributed by atoms with Crippen LogP contribution in [0.3, 0.4) is 0 Å². The summed E-state index contributed by atoms with van der Waals surface area (Å²) in [7, 11) is 0. The molecule has 3 nitrogen and oxygen atoms in total. The fraction of sp³-hybridized carbons (Fsp3) is 0.357. The summed E-state index contributed by atoms with van der Waals surface area (Å²) in [5.41, 5.74) is 1.99. The molecular weight excluding hydrogens is 214 g/mol. The average Bonchev–Trinajstić information content (AvgIpc) is 2.30. The molecule has 0 amide bonds. The molecule has 1 aromatic carbocycles. The van der Waals surface area contributed by atoms with Crippen LogP contribution >= 0.6 is 0 Å². The van der Waals surface area contributed by atoms with Crippen LogP contribution in [0, 0.1) is 0 Å². The van der Waals surface area contributed by atoms with Crippen LogP contribution in [0.25, 0.3) is 0 Å². The Morgan fingerprint density at radius 3 is 2.65 bits per heavy atom. The van der Waals surface area contributed by atoms with E-state index in [0.717, 1.165) is 5.70 Å². The summed E-state index contributed by atoms with van der Waals surface area (Å²) in [6, 6.07) is 10.2. The molecule has 0 aromatic heterocycles. The van der Waals surface area contributed by atoms with Crippen LogP contribution in [0.5, 0.6) is 0 Å². The molecule has 0 aliphatic heterocycles. The van der Waals surface area contributed by atoms with E-state index < -0.39 is 0 Å². The summed E-state index contributed by atoms with van der Waals surface area (Å²) in [6.45, 7) is 6.10. The fourth-order valence-corrected chi connectivity index (χ4v) is 1.57. The molecule has 0 bridgehead atoms. The van der Waals surface area contributed by atoms with Crippen molar-refractivity contribution in [3.63, 3.8) is 0 Å². The van der Waals surface area contributed by atoms with Crippen LogP contribution in [0.2, 0.25) is 0 Å².